The highest BCUT2D eigenvalue weighted by Crippen LogP contribution is 2.17. The number of ether oxygens (including phenoxy) is 1. The fraction of sp³-hybridized carbons (Fsp3) is 0.158. The molecular formula is C19H17N5O2. The molecule has 0 radical (unpaired) electrons. The van der Waals surface area contributed by atoms with Crippen molar-refractivity contribution in [1.82, 2.24) is 20.3 Å². The zero-order valence-corrected chi connectivity index (χ0v) is 14.2. The van der Waals surface area contributed by atoms with Gasteiger partial charge in [-0.1, -0.05) is 29.5 Å². The molecule has 1 aromatic heterocycles. The molecule has 0 spiro atoms. The van der Waals surface area contributed by atoms with Crippen LogP contribution >= 0.6 is 0 Å². The summed E-state index contributed by atoms with van der Waals surface area (Å²) in [6, 6.07) is 16.3. The van der Waals surface area contributed by atoms with E-state index in [1.54, 1.807) is 41.3 Å². The standard InChI is InChI=1S/C19H17N5O2/c1-14(15-6-8-17(9-7-15)24-11-10-21-23-24)22-19(25)13-26-18-5-3-2-4-16(18)12-20/h2-11,14H,13H2,1H3,(H,22,25)/t14-/m1/s1. The van der Waals surface area contributed by atoms with Gasteiger partial charge in [0.15, 0.2) is 6.61 Å². The molecule has 0 aliphatic heterocycles. The van der Waals surface area contributed by atoms with E-state index in [1.165, 1.54) is 0 Å². The van der Waals surface area contributed by atoms with Crippen LogP contribution in [0.15, 0.2) is 60.9 Å². The van der Waals surface area contributed by atoms with E-state index < -0.39 is 0 Å². The van der Waals surface area contributed by atoms with Gasteiger partial charge < -0.3 is 10.1 Å². The Bertz CT molecular complexity index is 914. The predicted octanol–water partition coefficient (Wildman–Crippen LogP) is 2.40. The number of nitriles is 1. The van der Waals surface area contributed by atoms with Crippen LogP contribution in [-0.4, -0.2) is 27.5 Å². The van der Waals surface area contributed by atoms with E-state index in [4.69, 9.17) is 10.00 Å². The molecule has 3 aromatic rings. The molecule has 0 bridgehead atoms. The van der Waals surface area contributed by atoms with E-state index >= 15 is 0 Å². The second-order valence-corrected chi connectivity index (χ2v) is 5.62. The van der Waals surface area contributed by atoms with Crippen LogP contribution in [0.25, 0.3) is 5.69 Å². The maximum absolute atomic E-state index is 12.1. The number of hydrogen-bond donors (Lipinski definition) is 1. The Hall–Kier alpha value is -3.66. The third kappa shape index (κ3) is 4.05. The second-order valence-electron chi connectivity index (χ2n) is 5.62. The van der Waals surface area contributed by atoms with Crippen LogP contribution in [0.5, 0.6) is 5.75 Å². The van der Waals surface area contributed by atoms with Gasteiger partial charge in [-0.25, -0.2) is 4.68 Å². The van der Waals surface area contributed by atoms with Gasteiger partial charge in [-0.3, -0.25) is 4.79 Å². The number of hydrogen-bond acceptors (Lipinski definition) is 5. The Labute approximate surface area is 150 Å². The Balaban J connectivity index is 1.56. The first-order valence-electron chi connectivity index (χ1n) is 8.05. The van der Waals surface area contributed by atoms with Crippen molar-refractivity contribution < 1.29 is 9.53 Å². The summed E-state index contributed by atoms with van der Waals surface area (Å²) in [7, 11) is 0. The number of benzene rings is 2. The number of rotatable bonds is 6. The molecule has 1 N–H and O–H groups in total. The lowest BCUT2D eigenvalue weighted by atomic mass is 10.1. The van der Waals surface area contributed by atoms with Crippen molar-refractivity contribution in [1.29, 1.82) is 5.26 Å². The van der Waals surface area contributed by atoms with Crippen LogP contribution in [0.3, 0.4) is 0 Å². The van der Waals surface area contributed by atoms with Crippen molar-refractivity contribution >= 4 is 5.91 Å². The van der Waals surface area contributed by atoms with Crippen molar-refractivity contribution in [2.45, 2.75) is 13.0 Å². The zero-order valence-electron chi connectivity index (χ0n) is 14.2. The summed E-state index contributed by atoms with van der Waals surface area (Å²) in [5, 5.41) is 19.6. The molecule has 0 saturated heterocycles. The molecule has 1 amide bonds. The Morgan fingerprint density at radius 3 is 2.73 bits per heavy atom. The molecule has 26 heavy (non-hydrogen) atoms. The molecule has 0 aliphatic carbocycles. The van der Waals surface area contributed by atoms with Gasteiger partial charge in [0.25, 0.3) is 5.91 Å². The third-order valence-corrected chi connectivity index (χ3v) is 3.82. The summed E-state index contributed by atoms with van der Waals surface area (Å²) in [6.45, 7) is 1.74. The van der Waals surface area contributed by atoms with Crippen molar-refractivity contribution in [2.75, 3.05) is 6.61 Å². The van der Waals surface area contributed by atoms with E-state index in [9.17, 15) is 4.79 Å². The quantitative estimate of drug-likeness (QED) is 0.739. The highest BCUT2D eigenvalue weighted by atomic mass is 16.5. The SMILES string of the molecule is C[C@@H](NC(=O)COc1ccccc1C#N)c1ccc(-n2ccnn2)cc1. The average molecular weight is 347 g/mol. The van der Waals surface area contributed by atoms with Gasteiger partial charge in [-0.2, -0.15) is 5.26 Å². The molecular weight excluding hydrogens is 330 g/mol. The van der Waals surface area contributed by atoms with E-state index in [0.717, 1.165) is 11.3 Å². The van der Waals surface area contributed by atoms with Crippen molar-refractivity contribution in [3.8, 4) is 17.5 Å². The van der Waals surface area contributed by atoms with Crippen LogP contribution in [0.1, 0.15) is 24.1 Å². The summed E-state index contributed by atoms with van der Waals surface area (Å²) < 4.78 is 7.10. The van der Waals surface area contributed by atoms with Crippen LogP contribution < -0.4 is 10.1 Å². The van der Waals surface area contributed by atoms with Crippen molar-refractivity contribution in [2.24, 2.45) is 0 Å². The first-order chi connectivity index (χ1) is 12.7. The molecule has 3 rings (SSSR count). The lowest BCUT2D eigenvalue weighted by Gasteiger charge is -2.15. The lowest BCUT2D eigenvalue weighted by Crippen LogP contribution is -2.31. The molecule has 1 atom stereocenters. The molecule has 0 aliphatic rings. The third-order valence-electron chi connectivity index (χ3n) is 3.82. The maximum Gasteiger partial charge on any atom is 0.258 e. The summed E-state index contributed by atoms with van der Waals surface area (Å²) in [5.41, 5.74) is 2.25. The number of nitrogens with one attached hydrogen (secondary N) is 1. The van der Waals surface area contributed by atoms with Gasteiger partial charge in [0.05, 0.1) is 29.7 Å². The molecule has 0 saturated carbocycles. The van der Waals surface area contributed by atoms with Gasteiger partial charge >= 0.3 is 0 Å². The smallest absolute Gasteiger partial charge is 0.258 e. The maximum atomic E-state index is 12.1. The lowest BCUT2D eigenvalue weighted by molar-refractivity contribution is -0.123. The van der Waals surface area contributed by atoms with Gasteiger partial charge in [-0.15, -0.1) is 5.10 Å². The first kappa shape index (κ1) is 17.2. The number of aromatic nitrogens is 3. The normalized spacial score (nSPS) is 11.4. The minimum Gasteiger partial charge on any atom is -0.482 e. The number of nitrogens with zero attached hydrogens (tertiary/aromatic N) is 4. The van der Waals surface area contributed by atoms with E-state index in [2.05, 4.69) is 15.6 Å². The van der Waals surface area contributed by atoms with E-state index in [0.29, 0.717) is 11.3 Å². The predicted molar refractivity (Wildman–Crippen MR) is 94.6 cm³/mol. The van der Waals surface area contributed by atoms with Gasteiger partial charge in [-0.05, 0) is 36.8 Å². The highest BCUT2D eigenvalue weighted by molar-refractivity contribution is 5.78. The number of carbonyl (C=O) groups excluding carboxylic acids is 1. The van der Waals surface area contributed by atoms with Crippen molar-refractivity contribution in [3.05, 3.63) is 72.1 Å². The fourth-order valence-electron chi connectivity index (χ4n) is 2.46. The van der Waals surface area contributed by atoms with Crippen LogP contribution in [-0.2, 0) is 4.79 Å². The molecule has 0 fully saturated rings. The minimum atomic E-state index is -0.259. The molecule has 2 aromatic carbocycles. The largest absolute Gasteiger partial charge is 0.482 e. The second kappa shape index (κ2) is 7.94. The van der Waals surface area contributed by atoms with Gasteiger partial charge in [0.1, 0.15) is 11.8 Å². The van der Waals surface area contributed by atoms with Gasteiger partial charge in [0.2, 0.25) is 0 Å². The summed E-state index contributed by atoms with van der Waals surface area (Å²) >= 11 is 0. The fourth-order valence-corrected chi connectivity index (χ4v) is 2.46. The number of carbonyl (C=O) groups is 1. The zero-order chi connectivity index (χ0) is 18.4. The summed E-state index contributed by atoms with van der Waals surface area (Å²) in [6.07, 6.45) is 3.37. The van der Waals surface area contributed by atoms with E-state index in [-0.39, 0.29) is 18.6 Å². The van der Waals surface area contributed by atoms with E-state index in [1.807, 2.05) is 37.3 Å². The van der Waals surface area contributed by atoms with Crippen LogP contribution in [0, 0.1) is 11.3 Å². The molecule has 1 heterocycles. The topological polar surface area (TPSA) is 92.8 Å². The number of para-hydroxylation sites is 1. The molecule has 7 heteroatoms. The number of amides is 1. The Morgan fingerprint density at radius 1 is 1.27 bits per heavy atom. The highest BCUT2D eigenvalue weighted by Gasteiger charge is 2.11. The average Bonchev–Trinajstić information content (AvgIpc) is 3.21. The monoisotopic (exact) mass is 347 g/mol. The van der Waals surface area contributed by atoms with Crippen molar-refractivity contribution in [3.63, 3.8) is 0 Å². The molecule has 7 nitrogen and oxygen atoms in total. The van der Waals surface area contributed by atoms with Crippen LogP contribution in [0.4, 0.5) is 0 Å². The molecule has 130 valence electrons. The van der Waals surface area contributed by atoms with Gasteiger partial charge in [0, 0.05) is 0 Å². The first-order valence-corrected chi connectivity index (χ1v) is 8.05. The summed E-state index contributed by atoms with van der Waals surface area (Å²) in [5.74, 6) is 0.139. The van der Waals surface area contributed by atoms with Crippen LogP contribution in [0.2, 0.25) is 0 Å². The Kier molecular flexibility index (Phi) is 5.25. The molecule has 0 unspecified atom stereocenters. The minimum absolute atomic E-state index is 0.153. The summed E-state index contributed by atoms with van der Waals surface area (Å²) in [4.78, 5) is 12.1. The Morgan fingerprint density at radius 2 is 2.04 bits per heavy atom.